The average molecular weight is 544 g/mol. The minimum absolute atomic E-state index is 0.0756. The Balaban J connectivity index is 1.69. The van der Waals surface area contributed by atoms with Crippen molar-refractivity contribution < 1.29 is 17.2 Å². The molecular weight excluding hydrogens is 524 g/mol. The molecular formula is C21H20ClF2N5O2S3. The van der Waals surface area contributed by atoms with E-state index in [1.807, 2.05) is 25.3 Å². The maximum Gasteiger partial charge on any atom is 0.291 e. The van der Waals surface area contributed by atoms with Crippen LogP contribution in [0.4, 0.5) is 8.78 Å². The number of fused-ring (bicyclic) bond motifs is 1. The van der Waals surface area contributed by atoms with Gasteiger partial charge in [-0.3, -0.25) is 0 Å². The van der Waals surface area contributed by atoms with Crippen LogP contribution in [0.3, 0.4) is 0 Å². The number of thiazole rings is 1. The first kappa shape index (κ1) is 23.7. The number of sulfonamides is 1. The zero-order valence-corrected chi connectivity index (χ0v) is 21.6. The molecule has 5 rings (SSSR count). The van der Waals surface area contributed by atoms with E-state index in [1.54, 1.807) is 6.07 Å². The second kappa shape index (κ2) is 8.30. The lowest BCUT2D eigenvalue weighted by Gasteiger charge is -2.12. The summed E-state index contributed by atoms with van der Waals surface area (Å²) in [5.74, 6) is 0. The number of nitrogens with zero attached hydrogens (tertiary/aromatic N) is 4. The third-order valence-corrected chi connectivity index (χ3v) is 9.84. The zero-order valence-electron chi connectivity index (χ0n) is 18.4. The highest BCUT2D eigenvalue weighted by Gasteiger charge is 2.41. The summed E-state index contributed by atoms with van der Waals surface area (Å²) in [7, 11) is -3.78. The third kappa shape index (κ3) is 4.26. The van der Waals surface area contributed by atoms with Crippen molar-refractivity contribution in [1.29, 1.82) is 0 Å². The van der Waals surface area contributed by atoms with E-state index in [9.17, 15) is 17.2 Å². The fraction of sp³-hybridized carbons (Fsp3) is 0.381. The quantitative estimate of drug-likeness (QED) is 0.323. The third-order valence-electron chi connectivity index (χ3n) is 5.80. The highest BCUT2D eigenvalue weighted by Crippen LogP contribution is 2.42. The van der Waals surface area contributed by atoms with Crippen LogP contribution in [0.2, 0.25) is 5.15 Å². The summed E-state index contributed by atoms with van der Waals surface area (Å²) in [6.45, 7) is 6.08. The van der Waals surface area contributed by atoms with Gasteiger partial charge >= 0.3 is 0 Å². The first-order valence-corrected chi connectivity index (χ1v) is 13.9. The molecule has 1 saturated carbocycles. The lowest BCUT2D eigenvalue weighted by molar-refractivity contribution is 0.150. The number of halogens is 3. The average Bonchev–Trinajstić information content (AvgIpc) is 3.09. The lowest BCUT2D eigenvalue weighted by Crippen LogP contribution is -2.34. The molecule has 0 spiro atoms. The van der Waals surface area contributed by atoms with Crippen LogP contribution in [0.15, 0.2) is 23.1 Å². The molecule has 0 aliphatic heterocycles. The molecule has 34 heavy (non-hydrogen) atoms. The Kier molecular flexibility index (Phi) is 5.79. The maximum absolute atomic E-state index is 13.2. The molecule has 4 aromatic rings. The van der Waals surface area contributed by atoms with E-state index < -0.39 is 27.0 Å². The van der Waals surface area contributed by atoms with E-state index >= 15 is 0 Å². The topological polar surface area (TPSA) is 89.8 Å². The van der Waals surface area contributed by atoms with Gasteiger partial charge in [0.05, 0.1) is 33.2 Å². The van der Waals surface area contributed by atoms with Crippen LogP contribution in [0.5, 0.6) is 0 Å². The summed E-state index contributed by atoms with van der Waals surface area (Å²) in [6.07, 6.45) is -1.21. The molecule has 0 bridgehead atoms. The van der Waals surface area contributed by atoms with Crippen LogP contribution < -0.4 is 4.72 Å². The first-order chi connectivity index (χ1) is 16.0. The molecule has 3 heterocycles. The number of aryl methyl sites for hydroxylation is 2. The molecule has 0 unspecified atom stereocenters. The van der Waals surface area contributed by atoms with Crippen molar-refractivity contribution in [2.45, 2.75) is 57.0 Å². The van der Waals surface area contributed by atoms with Crippen molar-refractivity contribution >= 4 is 55.2 Å². The van der Waals surface area contributed by atoms with E-state index in [1.165, 1.54) is 23.5 Å². The number of alkyl halides is 2. The van der Waals surface area contributed by atoms with Gasteiger partial charge in [0.15, 0.2) is 10.0 Å². The Morgan fingerprint density at radius 1 is 1.24 bits per heavy atom. The Hall–Kier alpha value is -1.99. The molecule has 1 aromatic carbocycles. The van der Waals surface area contributed by atoms with Crippen LogP contribution in [0.1, 0.15) is 46.8 Å². The number of aromatic nitrogens is 4. The van der Waals surface area contributed by atoms with E-state index in [-0.39, 0.29) is 15.1 Å². The molecule has 7 nitrogen and oxygen atoms in total. The van der Waals surface area contributed by atoms with Crippen molar-refractivity contribution in [3.8, 4) is 10.6 Å². The Bertz CT molecular complexity index is 1520. The standard InChI is InChI=1S/C21H20ClF2N5O2S3/c1-10-15(32-11(2)25-10)9-29-14-5-4-12(34(30,31)28-21(3)6-7-21)8-13(14)16(17(29)22)19-26-27-20(33-19)18(23)24/h4-5,8,18,28H,6-7,9H2,1-3H3. The summed E-state index contributed by atoms with van der Waals surface area (Å²) in [5, 5.41) is 9.00. The summed E-state index contributed by atoms with van der Waals surface area (Å²) in [5.41, 5.74) is 1.48. The molecule has 0 radical (unpaired) electrons. The Labute approximate surface area is 207 Å². The van der Waals surface area contributed by atoms with Crippen LogP contribution >= 0.6 is 34.3 Å². The van der Waals surface area contributed by atoms with Gasteiger partial charge in [-0.25, -0.2) is 26.9 Å². The van der Waals surface area contributed by atoms with Gasteiger partial charge in [-0.15, -0.1) is 21.5 Å². The van der Waals surface area contributed by atoms with Crippen LogP contribution in [0, 0.1) is 13.8 Å². The van der Waals surface area contributed by atoms with E-state index in [0.717, 1.165) is 39.8 Å². The summed E-state index contributed by atoms with van der Waals surface area (Å²) < 4.78 is 57.0. The molecule has 0 saturated heterocycles. The van der Waals surface area contributed by atoms with E-state index in [4.69, 9.17) is 11.6 Å². The summed E-state index contributed by atoms with van der Waals surface area (Å²) in [6, 6.07) is 4.74. The normalized spacial score (nSPS) is 15.5. The lowest BCUT2D eigenvalue weighted by atomic mass is 10.2. The van der Waals surface area contributed by atoms with Gasteiger partial charge in [-0.1, -0.05) is 22.9 Å². The number of nitrogens with one attached hydrogen (secondary N) is 1. The van der Waals surface area contributed by atoms with Crippen LogP contribution in [-0.4, -0.2) is 33.7 Å². The second-order valence-corrected chi connectivity index (χ2v) is 12.9. The van der Waals surface area contributed by atoms with Crippen LogP contribution in [0.25, 0.3) is 21.5 Å². The fourth-order valence-corrected chi connectivity index (χ4v) is 7.36. The molecule has 3 aromatic heterocycles. The monoisotopic (exact) mass is 543 g/mol. The Morgan fingerprint density at radius 3 is 2.56 bits per heavy atom. The number of benzene rings is 1. The fourth-order valence-electron chi connectivity index (χ4n) is 3.79. The molecule has 1 aliphatic carbocycles. The van der Waals surface area contributed by atoms with Gasteiger partial charge in [-0.2, -0.15) is 0 Å². The highest BCUT2D eigenvalue weighted by atomic mass is 35.5. The van der Waals surface area contributed by atoms with Gasteiger partial charge in [0.1, 0.15) is 5.15 Å². The van der Waals surface area contributed by atoms with Crippen LogP contribution in [-0.2, 0) is 16.6 Å². The summed E-state index contributed by atoms with van der Waals surface area (Å²) >= 11 is 9.08. The van der Waals surface area contributed by atoms with E-state index in [2.05, 4.69) is 19.9 Å². The summed E-state index contributed by atoms with van der Waals surface area (Å²) in [4.78, 5) is 5.53. The predicted molar refractivity (Wildman–Crippen MR) is 129 cm³/mol. The number of rotatable bonds is 7. The highest BCUT2D eigenvalue weighted by molar-refractivity contribution is 7.89. The first-order valence-electron chi connectivity index (χ1n) is 10.4. The van der Waals surface area contributed by atoms with Crippen molar-refractivity contribution in [3.05, 3.63) is 43.9 Å². The largest absolute Gasteiger partial charge is 0.326 e. The van der Waals surface area contributed by atoms with Crippen molar-refractivity contribution in [1.82, 2.24) is 24.5 Å². The Morgan fingerprint density at radius 2 is 1.97 bits per heavy atom. The molecule has 0 atom stereocenters. The molecule has 0 amide bonds. The SMILES string of the molecule is Cc1nc(C)c(Cn2c(Cl)c(-c3nnc(C(F)F)s3)c3cc(S(=O)(=O)NC4(C)CC4)ccc32)s1. The minimum Gasteiger partial charge on any atom is -0.326 e. The van der Waals surface area contributed by atoms with Gasteiger partial charge in [0, 0.05) is 15.8 Å². The molecule has 1 fully saturated rings. The van der Waals surface area contributed by atoms with Crippen molar-refractivity contribution in [2.24, 2.45) is 0 Å². The maximum atomic E-state index is 13.2. The zero-order chi connectivity index (χ0) is 24.4. The van der Waals surface area contributed by atoms with Gasteiger partial charge in [-0.05, 0) is 51.8 Å². The molecule has 180 valence electrons. The van der Waals surface area contributed by atoms with Crippen molar-refractivity contribution in [3.63, 3.8) is 0 Å². The van der Waals surface area contributed by atoms with Gasteiger partial charge < -0.3 is 4.57 Å². The molecule has 1 aliphatic rings. The minimum atomic E-state index is -3.78. The smallest absolute Gasteiger partial charge is 0.291 e. The molecule has 13 heteroatoms. The van der Waals surface area contributed by atoms with Crippen molar-refractivity contribution in [2.75, 3.05) is 0 Å². The van der Waals surface area contributed by atoms with Gasteiger partial charge in [0.2, 0.25) is 10.0 Å². The van der Waals surface area contributed by atoms with E-state index in [0.29, 0.717) is 23.0 Å². The number of hydrogen-bond donors (Lipinski definition) is 1. The molecule has 1 N–H and O–H groups in total. The number of hydrogen-bond acceptors (Lipinski definition) is 7. The second-order valence-electron chi connectivity index (χ2n) is 8.58. The predicted octanol–water partition coefficient (Wildman–Crippen LogP) is 5.70. The van der Waals surface area contributed by atoms with Gasteiger partial charge in [0.25, 0.3) is 6.43 Å².